The third-order valence-corrected chi connectivity index (χ3v) is 4.23. The van der Waals surface area contributed by atoms with Crippen molar-refractivity contribution in [1.29, 1.82) is 0 Å². The van der Waals surface area contributed by atoms with E-state index < -0.39 is 0 Å². The van der Waals surface area contributed by atoms with Gasteiger partial charge in [-0.05, 0) is 25.5 Å². The van der Waals surface area contributed by atoms with Crippen LogP contribution in [0.25, 0.3) is 11.0 Å². The largest absolute Gasteiger partial charge is 0.332 e. The second-order valence-corrected chi connectivity index (χ2v) is 5.64. The number of halogens is 1. The summed E-state index contributed by atoms with van der Waals surface area (Å²) in [7, 11) is 0. The van der Waals surface area contributed by atoms with Gasteiger partial charge < -0.3 is 0 Å². The van der Waals surface area contributed by atoms with E-state index in [-0.39, 0.29) is 11.2 Å². The second kappa shape index (κ2) is 6.04. The van der Waals surface area contributed by atoms with Crippen LogP contribution in [0.15, 0.2) is 40.1 Å². The Hall–Kier alpha value is -2.34. The van der Waals surface area contributed by atoms with Crippen LogP contribution >= 0.6 is 11.6 Å². The Bertz CT molecular complexity index is 984. The second-order valence-electron chi connectivity index (χ2n) is 5.23. The lowest BCUT2D eigenvalue weighted by atomic mass is 10.2. The molecule has 2 aromatic heterocycles. The maximum Gasteiger partial charge on any atom is 0.332 e. The van der Waals surface area contributed by atoms with Crippen molar-refractivity contribution in [2.45, 2.75) is 33.5 Å². The molecule has 0 radical (unpaired) electrons. The van der Waals surface area contributed by atoms with Crippen molar-refractivity contribution in [1.82, 2.24) is 18.9 Å². The number of fused-ring (bicyclic) bond motifs is 1. The Morgan fingerprint density at radius 3 is 2.43 bits per heavy atom. The number of hydrogen-bond donors (Lipinski definition) is 0. The summed E-state index contributed by atoms with van der Waals surface area (Å²) in [5.41, 5.74) is 0.695. The van der Waals surface area contributed by atoms with E-state index in [1.807, 2.05) is 31.2 Å². The summed E-state index contributed by atoms with van der Waals surface area (Å²) in [5, 5.41) is 5.51. The molecule has 0 bridgehead atoms. The minimum Gasteiger partial charge on any atom is -0.276 e. The van der Waals surface area contributed by atoms with E-state index in [2.05, 4.69) is 5.10 Å². The van der Waals surface area contributed by atoms with Crippen molar-refractivity contribution in [3.63, 3.8) is 0 Å². The zero-order valence-corrected chi connectivity index (χ0v) is 13.7. The molecular weight excluding hydrogens is 316 g/mol. The highest BCUT2D eigenvalue weighted by Gasteiger charge is 2.15. The Kier molecular flexibility index (Phi) is 4.09. The van der Waals surface area contributed by atoms with Gasteiger partial charge in [-0.3, -0.25) is 18.6 Å². The van der Waals surface area contributed by atoms with Crippen molar-refractivity contribution in [2.24, 2.45) is 0 Å². The number of benzene rings is 1. The van der Waals surface area contributed by atoms with Crippen LogP contribution in [0.4, 0.5) is 0 Å². The van der Waals surface area contributed by atoms with Gasteiger partial charge in [0.15, 0.2) is 5.65 Å². The molecule has 0 saturated carbocycles. The summed E-state index contributed by atoms with van der Waals surface area (Å²) in [4.78, 5) is 24.8. The molecule has 1 aromatic carbocycles. The van der Waals surface area contributed by atoms with Crippen molar-refractivity contribution in [3.05, 3.63) is 61.9 Å². The van der Waals surface area contributed by atoms with Gasteiger partial charge in [-0.25, -0.2) is 4.79 Å². The van der Waals surface area contributed by atoms with Crippen LogP contribution in [0.2, 0.25) is 5.02 Å². The van der Waals surface area contributed by atoms with Gasteiger partial charge >= 0.3 is 5.69 Å². The lowest BCUT2D eigenvalue weighted by Crippen LogP contribution is -2.39. The lowest BCUT2D eigenvalue weighted by Gasteiger charge is -2.07. The van der Waals surface area contributed by atoms with Crippen LogP contribution in [0.3, 0.4) is 0 Å². The zero-order valence-electron chi connectivity index (χ0n) is 13.0. The molecule has 0 atom stereocenters. The van der Waals surface area contributed by atoms with Gasteiger partial charge in [-0.15, -0.1) is 0 Å². The molecule has 0 fully saturated rings. The molecule has 3 aromatic rings. The van der Waals surface area contributed by atoms with Crippen LogP contribution in [-0.4, -0.2) is 18.9 Å². The molecule has 0 amide bonds. The van der Waals surface area contributed by atoms with Gasteiger partial charge in [0.1, 0.15) is 5.39 Å². The average Bonchev–Trinajstić information content (AvgIpc) is 2.94. The Labute approximate surface area is 137 Å². The molecular formula is C16H17ClN4O2. The highest BCUT2D eigenvalue weighted by molar-refractivity contribution is 6.31. The van der Waals surface area contributed by atoms with Crippen LogP contribution < -0.4 is 11.2 Å². The van der Waals surface area contributed by atoms with Crippen LogP contribution in [-0.2, 0) is 19.6 Å². The molecule has 23 heavy (non-hydrogen) atoms. The van der Waals surface area contributed by atoms with Crippen molar-refractivity contribution in [3.8, 4) is 0 Å². The summed E-state index contributed by atoms with van der Waals surface area (Å²) in [6, 6.07) is 7.48. The first-order valence-electron chi connectivity index (χ1n) is 7.51. The Morgan fingerprint density at radius 1 is 1.09 bits per heavy atom. The minimum atomic E-state index is -0.324. The molecule has 0 unspecified atom stereocenters. The molecule has 7 heteroatoms. The fourth-order valence-corrected chi connectivity index (χ4v) is 2.87. The fourth-order valence-electron chi connectivity index (χ4n) is 2.68. The van der Waals surface area contributed by atoms with E-state index >= 15 is 0 Å². The highest BCUT2D eigenvalue weighted by atomic mass is 35.5. The molecule has 0 aliphatic heterocycles. The highest BCUT2D eigenvalue weighted by Crippen LogP contribution is 2.17. The van der Waals surface area contributed by atoms with E-state index in [1.165, 1.54) is 9.13 Å². The third-order valence-electron chi connectivity index (χ3n) is 3.86. The van der Waals surface area contributed by atoms with E-state index in [1.54, 1.807) is 17.8 Å². The van der Waals surface area contributed by atoms with E-state index in [0.717, 1.165) is 5.56 Å². The topological polar surface area (TPSA) is 61.8 Å². The molecule has 0 spiro atoms. The lowest BCUT2D eigenvalue weighted by molar-refractivity contribution is 0.601. The summed E-state index contributed by atoms with van der Waals surface area (Å²) in [5.74, 6) is 0. The number of aromatic nitrogens is 4. The predicted molar refractivity (Wildman–Crippen MR) is 90.2 cm³/mol. The van der Waals surface area contributed by atoms with Gasteiger partial charge in [0.25, 0.3) is 5.56 Å². The molecule has 3 rings (SSSR count). The van der Waals surface area contributed by atoms with Gasteiger partial charge in [-0.2, -0.15) is 5.10 Å². The average molecular weight is 333 g/mol. The van der Waals surface area contributed by atoms with Crippen molar-refractivity contribution < 1.29 is 0 Å². The number of rotatable bonds is 4. The number of hydrogen-bond acceptors (Lipinski definition) is 3. The number of nitrogens with zero attached hydrogens (tertiary/aromatic N) is 4. The summed E-state index contributed by atoms with van der Waals surface area (Å²) in [6.07, 6.45) is 1.68. The smallest absolute Gasteiger partial charge is 0.276 e. The van der Waals surface area contributed by atoms with E-state index in [0.29, 0.717) is 35.7 Å². The van der Waals surface area contributed by atoms with E-state index in [9.17, 15) is 9.59 Å². The standard InChI is InChI=1S/C16H17ClN4O2/c1-3-20-14-12(15(22)21(4-2)16(20)23)10-19(18-14)9-11-7-5-6-8-13(11)17/h5-8,10H,3-4,9H2,1-2H3. The molecule has 0 N–H and O–H groups in total. The molecule has 0 saturated heterocycles. The summed E-state index contributed by atoms with van der Waals surface area (Å²) in [6.45, 7) is 4.88. The van der Waals surface area contributed by atoms with Crippen LogP contribution in [0.5, 0.6) is 0 Å². The maximum absolute atomic E-state index is 12.5. The first kappa shape index (κ1) is 15.6. The molecule has 120 valence electrons. The van der Waals surface area contributed by atoms with Crippen LogP contribution in [0, 0.1) is 0 Å². The molecule has 6 nitrogen and oxygen atoms in total. The maximum atomic E-state index is 12.5. The zero-order chi connectivity index (χ0) is 16.6. The Morgan fingerprint density at radius 2 is 1.78 bits per heavy atom. The van der Waals surface area contributed by atoms with Gasteiger partial charge in [0, 0.05) is 24.3 Å². The quantitative estimate of drug-likeness (QED) is 0.735. The molecule has 0 aliphatic rings. The normalized spacial score (nSPS) is 11.3. The SMILES string of the molecule is CCn1c(=O)c2cn(Cc3ccccc3Cl)nc2n(CC)c1=O. The first-order chi connectivity index (χ1) is 11.1. The van der Waals surface area contributed by atoms with Gasteiger partial charge in [0.2, 0.25) is 0 Å². The molecule has 2 heterocycles. The third kappa shape index (κ3) is 2.59. The van der Waals surface area contributed by atoms with Crippen molar-refractivity contribution in [2.75, 3.05) is 0 Å². The molecule has 0 aliphatic carbocycles. The number of aryl methyl sites for hydroxylation is 1. The monoisotopic (exact) mass is 332 g/mol. The van der Waals surface area contributed by atoms with Gasteiger partial charge in [-0.1, -0.05) is 29.8 Å². The summed E-state index contributed by atoms with van der Waals surface area (Å²) >= 11 is 6.17. The summed E-state index contributed by atoms with van der Waals surface area (Å²) < 4.78 is 4.40. The van der Waals surface area contributed by atoms with E-state index in [4.69, 9.17) is 11.6 Å². The van der Waals surface area contributed by atoms with Crippen LogP contribution in [0.1, 0.15) is 19.4 Å². The van der Waals surface area contributed by atoms with Crippen molar-refractivity contribution >= 4 is 22.6 Å². The minimum absolute atomic E-state index is 0.303. The van der Waals surface area contributed by atoms with Gasteiger partial charge in [0.05, 0.1) is 6.54 Å². The Balaban J connectivity index is 2.19. The first-order valence-corrected chi connectivity index (χ1v) is 7.88. The predicted octanol–water partition coefficient (Wildman–Crippen LogP) is 2.10. The fraction of sp³-hybridized carbons (Fsp3) is 0.312.